The number of hydrogen-bond acceptors (Lipinski definition) is 6. The molecule has 1 amide bonds. The lowest BCUT2D eigenvalue weighted by Crippen LogP contribution is -2.45. The molecule has 5 nitrogen and oxygen atoms in total. The molecule has 0 aliphatic carbocycles. The van der Waals surface area contributed by atoms with Crippen LogP contribution in [0.1, 0.15) is 35.8 Å². The van der Waals surface area contributed by atoms with Crippen LogP contribution in [0.25, 0.3) is 0 Å². The first-order valence-electron chi connectivity index (χ1n) is 8.74. The van der Waals surface area contributed by atoms with Crippen LogP contribution in [0.3, 0.4) is 0 Å². The Labute approximate surface area is 161 Å². The molecule has 0 unspecified atom stereocenters. The SMILES string of the molecule is CSc1nc(C(=O)N2CCC[C@@](C)(Cc3ccc4c(c3)OCO4)C2)cs1. The maximum Gasteiger partial charge on any atom is 0.273 e. The van der Waals surface area contributed by atoms with Gasteiger partial charge in [0.1, 0.15) is 10.0 Å². The average molecular weight is 391 g/mol. The van der Waals surface area contributed by atoms with E-state index in [1.807, 2.05) is 22.6 Å². The molecule has 0 bridgehead atoms. The predicted octanol–water partition coefficient (Wildman–Crippen LogP) is 4.08. The minimum atomic E-state index is 0.0539. The van der Waals surface area contributed by atoms with Gasteiger partial charge in [-0.25, -0.2) is 4.98 Å². The molecule has 26 heavy (non-hydrogen) atoms. The van der Waals surface area contributed by atoms with Crippen molar-refractivity contribution in [3.05, 3.63) is 34.8 Å². The largest absolute Gasteiger partial charge is 0.454 e. The second kappa shape index (κ2) is 7.12. The Kier molecular flexibility index (Phi) is 4.84. The van der Waals surface area contributed by atoms with E-state index in [9.17, 15) is 4.79 Å². The number of nitrogens with zero attached hydrogens (tertiary/aromatic N) is 2. The molecular weight excluding hydrogens is 368 g/mol. The molecule has 0 N–H and O–H groups in total. The number of ether oxygens (including phenoxy) is 2. The van der Waals surface area contributed by atoms with E-state index in [1.54, 1.807) is 11.8 Å². The maximum atomic E-state index is 12.8. The molecule has 138 valence electrons. The number of thiazole rings is 1. The van der Waals surface area contributed by atoms with Crippen LogP contribution in [-0.4, -0.2) is 41.9 Å². The van der Waals surface area contributed by atoms with Crippen LogP contribution >= 0.6 is 23.1 Å². The summed E-state index contributed by atoms with van der Waals surface area (Å²) in [6.07, 6.45) is 5.03. The van der Waals surface area contributed by atoms with Crippen molar-refractivity contribution in [2.75, 3.05) is 26.1 Å². The van der Waals surface area contributed by atoms with Gasteiger partial charge in [0.05, 0.1) is 0 Å². The van der Waals surface area contributed by atoms with Crippen molar-refractivity contribution in [1.82, 2.24) is 9.88 Å². The Bertz CT molecular complexity index is 823. The highest BCUT2D eigenvalue weighted by molar-refractivity contribution is 8.00. The Morgan fingerprint density at radius 1 is 1.38 bits per heavy atom. The second-order valence-electron chi connectivity index (χ2n) is 7.21. The van der Waals surface area contributed by atoms with Gasteiger partial charge >= 0.3 is 0 Å². The van der Waals surface area contributed by atoms with Gasteiger partial charge in [-0.15, -0.1) is 11.3 Å². The Hall–Kier alpha value is -1.73. The predicted molar refractivity (Wildman–Crippen MR) is 103 cm³/mol. The number of thioether (sulfide) groups is 1. The van der Waals surface area contributed by atoms with Gasteiger partial charge in [-0.2, -0.15) is 0 Å². The molecule has 3 heterocycles. The van der Waals surface area contributed by atoms with Gasteiger partial charge in [-0.05, 0) is 48.6 Å². The quantitative estimate of drug-likeness (QED) is 0.737. The van der Waals surface area contributed by atoms with Crippen molar-refractivity contribution in [3.63, 3.8) is 0 Å². The minimum absolute atomic E-state index is 0.0539. The van der Waals surface area contributed by atoms with Crippen LogP contribution in [0, 0.1) is 5.41 Å². The van der Waals surface area contributed by atoms with Crippen LogP contribution < -0.4 is 9.47 Å². The van der Waals surface area contributed by atoms with Crippen LogP contribution in [0.15, 0.2) is 27.9 Å². The Morgan fingerprint density at radius 3 is 3.04 bits per heavy atom. The van der Waals surface area contributed by atoms with Crippen molar-refractivity contribution in [2.24, 2.45) is 5.41 Å². The summed E-state index contributed by atoms with van der Waals surface area (Å²) in [5, 5.41) is 1.87. The van der Waals surface area contributed by atoms with Gasteiger partial charge in [0.2, 0.25) is 6.79 Å². The summed E-state index contributed by atoms with van der Waals surface area (Å²) >= 11 is 3.11. The first kappa shape index (κ1) is 17.7. The summed E-state index contributed by atoms with van der Waals surface area (Å²) < 4.78 is 11.8. The van der Waals surface area contributed by atoms with E-state index in [0.29, 0.717) is 12.5 Å². The van der Waals surface area contributed by atoms with Gasteiger partial charge in [-0.1, -0.05) is 24.8 Å². The third kappa shape index (κ3) is 3.55. The van der Waals surface area contributed by atoms with Gasteiger partial charge in [0.15, 0.2) is 11.5 Å². The fourth-order valence-corrected chi connectivity index (χ4v) is 5.02. The smallest absolute Gasteiger partial charge is 0.273 e. The van der Waals surface area contributed by atoms with Gasteiger partial charge in [-0.3, -0.25) is 4.79 Å². The normalized spacial score (nSPS) is 21.8. The number of aromatic nitrogens is 1. The Morgan fingerprint density at radius 2 is 2.23 bits per heavy atom. The lowest BCUT2D eigenvalue weighted by atomic mass is 9.77. The van der Waals surface area contributed by atoms with Crippen molar-refractivity contribution in [2.45, 2.75) is 30.5 Å². The van der Waals surface area contributed by atoms with Crippen LogP contribution in [-0.2, 0) is 6.42 Å². The van der Waals surface area contributed by atoms with E-state index in [-0.39, 0.29) is 11.3 Å². The Balaban J connectivity index is 1.47. The van der Waals surface area contributed by atoms with E-state index in [2.05, 4.69) is 24.0 Å². The number of benzene rings is 1. The zero-order chi connectivity index (χ0) is 18.1. The highest BCUT2D eigenvalue weighted by Crippen LogP contribution is 2.38. The number of amides is 1. The van der Waals surface area contributed by atoms with Gasteiger partial charge in [0, 0.05) is 18.5 Å². The molecule has 1 aromatic carbocycles. The highest BCUT2D eigenvalue weighted by Gasteiger charge is 2.34. The number of piperidine rings is 1. The summed E-state index contributed by atoms with van der Waals surface area (Å²) in [5.41, 5.74) is 1.86. The molecule has 1 saturated heterocycles. The lowest BCUT2D eigenvalue weighted by molar-refractivity contribution is 0.0545. The molecule has 0 radical (unpaired) electrons. The third-order valence-electron chi connectivity index (χ3n) is 5.01. The molecule has 1 aromatic heterocycles. The summed E-state index contributed by atoms with van der Waals surface area (Å²) in [4.78, 5) is 19.2. The van der Waals surface area contributed by atoms with E-state index in [4.69, 9.17) is 9.47 Å². The monoisotopic (exact) mass is 390 g/mol. The van der Waals surface area contributed by atoms with Crippen molar-refractivity contribution in [3.8, 4) is 11.5 Å². The molecule has 1 atom stereocenters. The number of fused-ring (bicyclic) bond motifs is 1. The summed E-state index contributed by atoms with van der Waals surface area (Å²) in [6, 6.07) is 6.15. The molecular formula is C19H22N2O3S2. The second-order valence-corrected chi connectivity index (χ2v) is 9.12. The van der Waals surface area contributed by atoms with E-state index in [1.165, 1.54) is 16.9 Å². The van der Waals surface area contributed by atoms with Crippen LogP contribution in [0.2, 0.25) is 0 Å². The number of likely N-dealkylation sites (tertiary alicyclic amines) is 1. The first-order valence-corrected chi connectivity index (χ1v) is 10.8. The standard InChI is InChI=1S/C19H22N2O3S2/c1-19(9-13-4-5-15-16(8-13)24-12-23-15)6-3-7-21(11-19)17(22)14-10-26-18(20-14)25-2/h4-5,8,10H,3,6-7,9,11-12H2,1-2H3/t19-/m0/s1. The molecule has 4 rings (SSSR count). The van der Waals surface area contributed by atoms with E-state index >= 15 is 0 Å². The van der Waals surface area contributed by atoms with Crippen molar-refractivity contribution in [1.29, 1.82) is 0 Å². The topological polar surface area (TPSA) is 51.7 Å². The van der Waals surface area contributed by atoms with Crippen LogP contribution in [0.5, 0.6) is 11.5 Å². The number of carbonyl (C=O) groups excluding carboxylic acids is 1. The average Bonchev–Trinajstić information content (AvgIpc) is 3.29. The van der Waals surface area contributed by atoms with Gasteiger partial charge in [0.25, 0.3) is 5.91 Å². The maximum absolute atomic E-state index is 12.8. The third-order valence-corrected chi connectivity index (χ3v) is 6.88. The minimum Gasteiger partial charge on any atom is -0.454 e. The molecule has 0 spiro atoms. The van der Waals surface area contributed by atoms with Crippen molar-refractivity contribution < 1.29 is 14.3 Å². The summed E-state index contributed by atoms with van der Waals surface area (Å²) in [5.74, 6) is 1.69. The fraction of sp³-hybridized carbons (Fsp3) is 0.474. The lowest BCUT2D eigenvalue weighted by Gasteiger charge is -2.40. The molecule has 2 aromatic rings. The van der Waals surface area contributed by atoms with E-state index in [0.717, 1.165) is 48.2 Å². The summed E-state index contributed by atoms with van der Waals surface area (Å²) in [7, 11) is 0. The van der Waals surface area contributed by atoms with E-state index < -0.39 is 0 Å². The molecule has 2 aliphatic heterocycles. The highest BCUT2D eigenvalue weighted by atomic mass is 32.2. The van der Waals surface area contributed by atoms with Crippen molar-refractivity contribution >= 4 is 29.0 Å². The number of hydrogen-bond donors (Lipinski definition) is 0. The zero-order valence-corrected chi connectivity index (χ0v) is 16.6. The molecule has 0 saturated carbocycles. The number of carbonyl (C=O) groups is 1. The van der Waals surface area contributed by atoms with Crippen LogP contribution in [0.4, 0.5) is 0 Å². The zero-order valence-electron chi connectivity index (χ0n) is 15.0. The molecule has 7 heteroatoms. The summed E-state index contributed by atoms with van der Waals surface area (Å²) in [6.45, 7) is 4.13. The first-order chi connectivity index (χ1) is 12.6. The molecule has 1 fully saturated rings. The number of rotatable bonds is 4. The van der Waals surface area contributed by atoms with Gasteiger partial charge < -0.3 is 14.4 Å². The fourth-order valence-electron chi connectivity index (χ4n) is 3.79. The molecule has 2 aliphatic rings.